The Morgan fingerprint density at radius 3 is 2.76 bits per heavy atom. The third kappa shape index (κ3) is 2.63. The van der Waals surface area contributed by atoms with E-state index < -0.39 is 0 Å². The summed E-state index contributed by atoms with van der Waals surface area (Å²) < 4.78 is 0. The molecule has 2 aliphatic rings. The number of phenols is 1. The molecule has 6 nitrogen and oxygen atoms in total. The number of anilines is 1. The summed E-state index contributed by atoms with van der Waals surface area (Å²) in [5.41, 5.74) is 9.24. The highest BCUT2D eigenvalue weighted by Crippen LogP contribution is 2.40. The van der Waals surface area contributed by atoms with Gasteiger partial charge < -0.3 is 15.7 Å². The van der Waals surface area contributed by atoms with E-state index in [-0.39, 0.29) is 23.7 Å². The van der Waals surface area contributed by atoms with Gasteiger partial charge in [0.1, 0.15) is 5.75 Å². The highest BCUT2D eigenvalue weighted by Gasteiger charge is 2.38. The number of para-hydroxylation sites is 1. The minimum atomic E-state index is 0.124. The van der Waals surface area contributed by atoms with Gasteiger partial charge in [-0.15, -0.1) is 10.2 Å². The standard InChI is InChI=1S/C19H20N4O2/c1-11(24)23-13-6-7-14(23)9-12(8-13)16-10-17(21-22-19(16)20)15-4-2-3-5-18(15)25/h2-5,8,10,13-14,25H,6-7,9H2,1H3,(H2,20,22). The Labute approximate surface area is 146 Å². The molecule has 0 radical (unpaired) electrons. The molecule has 1 aromatic heterocycles. The van der Waals surface area contributed by atoms with Gasteiger partial charge in [-0.25, -0.2) is 0 Å². The van der Waals surface area contributed by atoms with Crippen molar-refractivity contribution in [2.75, 3.05) is 5.73 Å². The molecule has 3 heterocycles. The number of aromatic hydroxyl groups is 1. The third-order valence-electron chi connectivity index (χ3n) is 5.11. The van der Waals surface area contributed by atoms with Crippen molar-refractivity contribution < 1.29 is 9.90 Å². The molecule has 2 bridgehead atoms. The summed E-state index contributed by atoms with van der Waals surface area (Å²) in [5.74, 6) is 0.660. The summed E-state index contributed by atoms with van der Waals surface area (Å²) in [6.07, 6.45) is 4.90. The zero-order chi connectivity index (χ0) is 17.6. The van der Waals surface area contributed by atoms with Crippen LogP contribution in [0.5, 0.6) is 5.75 Å². The predicted octanol–water partition coefficient (Wildman–Crippen LogP) is 2.60. The van der Waals surface area contributed by atoms with E-state index in [1.165, 1.54) is 0 Å². The predicted molar refractivity (Wildman–Crippen MR) is 95.5 cm³/mol. The molecular weight excluding hydrogens is 316 g/mol. The first kappa shape index (κ1) is 15.6. The summed E-state index contributed by atoms with van der Waals surface area (Å²) in [4.78, 5) is 13.8. The first-order valence-corrected chi connectivity index (χ1v) is 8.46. The van der Waals surface area contributed by atoms with Crippen molar-refractivity contribution in [1.82, 2.24) is 15.1 Å². The van der Waals surface area contributed by atoms with E-state index in [9.17, 15) is 9.90 Å². The second-order valence-electron chi connectivity index (χ2n) is 6.67. The molecule has 25 heavy (non-hydrogen) atoms. The minimum Gasteiger partial charge on any atom is -0.507 e. The summed E-state index contributed by atoms with van der Waals surface area (Å²) in [6, 6.07) is 9.27. The first-order valence-electron chi connectivity index (χ1n) is 8.46. The Morgan fingerprint density at radius 1 is 1.24 bits per heavy atom. The lowest BCUT2D eigenvalue weighted by Gasteiger charge is -2.33. The molecule has 1 saturated heterocycles. The summed E-state index contributed by atoms with van der Waals surface area (Å²) >= 11 is 0. The van der Waals surface area contributed by atoms with Crippen LogP contribution in [0.3, 0.4) is 0 Å². The van der Waals surface area contributed by atoms with Gasteiger partial charge in [0.25, 0.3) is 0 Å². The molecule has 4 rings (SSSR count). The van der Waals surface area contributed by atoms with Gasteiger partial charge in [0.15, 0.2) is 5.82 Å². The molecule has 2 unspecified atom stereocenters. The summed E-state index contributed by atoms with van der Waals surface area (Å²) in [6.45, 7) is 1.63. The van der Waals surface area contributed by atoms with Crippen LogP contribution in [0, 0.1) is 0 Å². The first-order chi connectivity index (χ1) is 12.0. The normalized spacial score (nSPS) is 22.0. The zero-order valence-corrected chi connectivity index (χ0v) is 14.0. The van der Waals surface area contributed by atoms with E-state index in [4.69, 9.17) is 5.73 Å². The second kappa shape index (κ2) is 5.88. The van der Waals surface area contributed by atoms with Crippen molar-refractivity contribution in [2.45, 2.75) is 38.3 Å². The van der Waals surface area contributed by atoms with Gasteiger partial charge in [0.2, 0.25) is 5.91 Å². The molecule has 2 aliphatic heterocycles. The molecule has 1 fully saturated rings. The molecule has 0 aliphatic carbocycles. The molecule has 0 saturated carbocycles. The van der Waals surface area contributed by atoms with Crippen LogP contribution in [-0.4, -0.2) is 38.2 Å². The largest absolute Gasteiger partial charge is 0.507 e. The van der Waals surface area contributed by atoms with Crippen LogP contribution in [0.15, 0.2) is 36.4 Å². The van der Waals surface area contributed by atoms with Crippen LogP contribution < -0.4 is 5.73 Å². The van der Waals surface area contributed by atoms with Crippen molar-refractivity contribution in [1.29, 1.82) is 0 Å². The monoisotopic (exact) mass is 336 g/mol. The number of phenolic OH excluding ortho intramolecular Hbond substituents is 1. The lowest BCUT2D eigenvalue weighted by atomic mass is 9.94. The highest BCUT2D eigenvalue weighted by atomic mass is 16.3. The molecule has 3 N–H and O–H groups in total. The number of nitrogen functional groups attached to an aromatic ring is 1. The van der Waals surface area contributed by atoms with E-state index in [2.05, 4.69) is 16.3 Å². The number of benzene rings is 1. The lowest BCUT2D eigenvalue weighted by Crippen LogP contribution is -2.41. The van der Waals surface area contributed by atoms with Crippen LogP contribution >= 0.6 is 0 Å². The van der Waals surface area contributed by atoms with Crippen LogP contribution in [-0.2, 0) is 4.79 Å². The van der Waals surface area contributed by atoms with Gasteiger partial charge in [-0.1, -0.05) is 18.2 Å². The van der Waals surface area contributed by atoms with Gasteiger partial charge in [-0.05, 0) is 43.0 Å². The molecular formula is C19H20N4O2. The number of hydrogen-bond donors (Lipinski definition) is 2. The number of carbonyl (C=O) groups excluding carboxylic acids is 1. The summed E-state index contributed by atoms with van der Waals surface area (Å²) in [5, 5.41) is 18.3. The van der Waals surface area contributed by atoms with E-state index in [1.807, 2.05) is 17.0 Å². The fourth-order valence-corrected chi connectivity index (χ4v) is 4.00. The van der Waals surface area contributed by atoms with E-state index in [1.54, 1.807) is 25.1 Å². The van der Waals surface area contributed by atoms with Crippen molar-refractivity contribution in [2.24, 2.45) is 0 Å². The van der Waals surface area contributed by atoms with E-state index in [0.717, 1.165) is 30.4 Å². The zero-order valence-electron chi connectivity index (χ0n) is 14.0. The van der Waals surface area contributed by atoms with Crippen molar-refractivity contribution in [3.63, 3.8) is 0 Å². The molecule has 128 valence electrons. The number of carbonyl (C=O) groups is 1. The highest BCUT2D eigenvalue weighted by molar-refractivity contribution is 5.81. The maximum absolute atomic E-state index is 11.9. The molecule has 2 atom stereocenters. The van der Waals surface area contributed by atoms with Gasteiger partial charge >= 0.3 is 0 Å². The minimum absolute atomic E-state index is 0.124. The average molecular weight is 336 g/mol. The number of amides is 1. The van der Waals surface area contributed by atoms with Gasteiger partial charge in [0, 0.05) is 24.1 Å². The topological polar surface area (TPSA) is 92.3 Å². The lowest BCUT2D eigenvalue weighted by molar-refractivity contribution is -0.131. The van der Waals surface area contributed by atoms with Gasteiger partial charge in [-0.2, -0.15) is 0 Å². The molecule has 6 heteroatoms. The third-order valence-corrected chi connectivity index (χ3v) is 5.11. The van der Waals surface area contributed by atoms with Crippen LogP contribution in [0.2, 0.25) is 0 Å². The number of hydrogen-bond acceptors (Lipinski definition) is 5. The smallest absolute Gasteiger partial charge is 0.220 e. The van der Waals surface area contributed by atoms with E-state index >= 15 is 0 Å². The molecule has 2 aromatic rings. The maximum Gasteiger partial charge on any atom is 0.220 e. The molecule has 1 aromatic carbocycles. The fourth-order valence-electron chi connectivity index (χ4n) is 4.00. The van der Waals surface area contributed by atoms with Crippen LogP contribution in [0.1, 0.15) is 31.7 Å². The number of fused-ring (bicyclic) bond motifs is 2. The number of nitrogens with two attached hydrogens (primary N) is 1. The van der Waals surface area contributed by atoms with Crippen LogP contribution in [0.25, 0.3) is 16.8 Å². The van der Waals surface area contributed by atoms with E-state index in [0.29, 0.717) is 17.1 Å². The Kier molecular flexibility index (Phi) is 3.67. The van der Waals surface area contributed by atoms with Gasteiger partial charge in [-0.3, -0.25) is 4.79 Å². The number of aromatic nitrogens is 2. The Morgan fingerprint density at radius 2 is 2.04 bits per heavy atom. The Hall–Kier alpha value is -2.89. The molecule has 0 spiro atoms. The SMILES string of the molecule is CC(=O)N1C2C=C(c3cc(-c4ccccc4O)nnc3N)CC1CC2. The molecule has 1 amide bonds. The quantitative estimate of drug-likeness (QED) is 0.879. The van der Waals surface area contributed by atoms with Crippen LogP contribution in [0.4, 0.5) is 5.82 Å². The maximum atomic E-state index is 11.9. The fraction of sp³-hybridized carbons (Fsp3) is 0.316. The van der Waals surface area contributed by atoms with Gasteiger partial charge in [0.05, 0.1) is 11.7 Å². The average Bonchev–Trinajstić information content (AvgIpc) is 2.87. The van der Waals surface area contributed by atoms with Crippen molar-refractivity contribution in [3.05, 3.63) is 42.0 Å². The van der Waals surface area contributed by atoms with Crippen molar-refractivity contribution in [3.8, 4) is 17.0 Å². The second-order valence-corrected chi connectivity index (χ2v) is 6.67. The number of nitrogens with zero attached hydrogens (tertiary/aromatic N) is 3. The Balaban J connectivity index is 1.75. The summed E-state index contributed by atoms with van der Waals surface area (Å²) in [7, 11) is 0. The Bertz CT molecular complexity index is 877. The number of rotatable bonds is 2. The van der Waals surface area contributed by atoms with Crippen molar-refractivity contribution >= 4 is 17.3 Å².